The zero-order chi connectivity index (χ0) is 14.5. The number of nitrogens with one attached hydrogen (secondary N) is 1. The van der Waals surface area contributed by atoms with E-state index in [-0.39, 0.29) is 6.04 Å². The molecule has 0 radical (unpaired) electrons. The zero-order valence-corrected chi connectivity index (χ0v) is 13.0. The average molecular weight is 314 g/mol. The first kappa shape index (κ1) is 15.2. The predicted molar refractivity (Wildman–Crippen MR) is 81.9 cm³/mol. The van der Waals surface area contributed by atoms with E-state index in [0.29, 0.717) is 22.4 Å². The quantitative estimate of drug-likeness (QED) is 0.840. The standard InChI is InChI=1S/C15H17Cl2NO2/c1-3-18-15(10-5-6-19-9-10)11-7-13(17)14(20-4-2)8-12(11)16/h5-9,15,18H,3-4H2,1-2H3. The van der Waals surface area contributed by atoms with E-state index in [4.69, 9.17) is 32.4 Å². The highest BCUT2D eigenvalue weighted by Gasteiger charge is 2.19. The number of furan rings is 1. The maximum Gasteiger partial charge on any atom is 0.139 e. The number of benzene rings is 1. The Balaban J connectivity index is 2.41. The number of ether oxygens (including phenoxy) is 1. The SMILES string of the molecule is CCNC(c1ccoc1)c1cc(Cl)c(OCC)cc1Cl. The summed E-state index contributed by atoms with van der Waals surface area (Å²) in [6.07, 6.45) is 3.35. The highest BCUT2D eigenvalue weighted by molar-refractivity contribution is 6.34. The van der Waals surface area contributed by atoms with Crippen LogP contribution in [0.25, 0.3) is 0 Å². The van der Waals surface area contributed by atoms with Gasteiger partial charge in [-0.15, -0.1) is 0 Å². The summed E-state index contributed by atoms with van der Waals surface area (Å²) in [5.74, 6) is 0.602. The molecule has 3 nitrogen and oxygen atoms in total. The monoisotopic (exact) mass is 313 g/mol. The van der Waals surface area contributed by atoms with Gasteiger partial charge in [0.2, 0.25) is 0 Å². The Bertz CT molecular complexity index is 555. The number of halogens is 2. The Morgan fingerprint density at radius 2 is 2.05 bits per heavy atom. The molecule has 2 aromatic rings. The van der Waals surface area contributed by atoms with Gasteiger partial charge in [-0.25, -0.2) is 0 Å². The molecule has 1 unspecified atom stereocenters. The molecule has 0 amide bonds. The van der Waals surface area contributed by atoms with E-state index in [1.165, 1.54) is 0 Å². The highest BCUT2D eigenvalue weighted by atomic mass is 35.5. The molecule has 1 aromatic heterocycles. The van der Waals surface area contributed by atoms with E-state index < -0.39 is 0 Å². The molecule has 0 bridgehead atoms. The lowest BCUT2D eigenvalue weighted by Crippen LogP contribution is -2.22. The van der Waals surface area contributed by atoms with Crippen molar-refractivity contribution >= 4 is 23.2 Å². The van der Waals surface area contributed by atoms with Gasteiger partial charge in [0.25, 0.3) is 0 Å². The van der Waals surface area contributed by atoms with Gasteiger partial charge in [-0.2, -0.15) is 0 Å². The maximum atomic E-state index is 6.38. The highest BCUT2D eigenvalue weighted by Crippen LogP contribution is 2.36. The van der Waals surface area contributed by atoms with Crippen molar-refractivity contribution in [3.63, 3.8) is 0 Å². The van der Waals surface area contributed by atoms with Crippen molar-refractivity contribution in [2.24, 2.45) is 0 Å². The first-order valence-corrected chi connectivity index (χ1v) is 7.30. The van der Waals surface area contributed by atoms with E-state index in [9.17, 15) is 0 Å². The third-order valence-electron chi connectivity index (χ3n) is 2.95. The summed E-state index contributed by atoms with van der Waals surface area (Å²) in [4.78, 5) is 0. The summed E-state index contributed by atoms with van der Waals surface area (Å²) in [5.41, 5.74) is 1.91. The summed E-state index contributed by atoms with van der Waals surface area (Å²) in [6.45, 7) is 5.30. The van der Waals surface area contributed by atoms with Gasteiger partial charge in [-0.05, 0) is 31.2 Å². The minimum absolute atomic E-state index is 0.0561. The van der Waals surface area contributed by atoms with Crippen LogP contribution in [0.3, 0.4) is 0 Å². The number of hydrogen-bond donors (Lipinski definition) is 1. The van der Waals surface area contributed by atoms with Crippen LogP contribution in [0.2, 0.25) is 10.0 Å². The normalized spacial score (nSPS) is 12.4. The van der Waals surface area contributed by atoms with Crippen LogP contribution in [-0.2, 0) is 0 Å². The van der Waals surface area contributed by atoms with E-state index in [2.05, 4.69) is 5.32 Å². The molecule has 0 aliphatic carbocycles. The molecule has 5 heteroatoms. The van der Waals surface area contributed by atoms with Gasteiger partial charge in [0.05, 0.1) is 30.2 Å². The third-order valence-corrected chi connectivity index (χ3v) is 3.57. The van der Waals surface area contributed by atoms with Crippen LogP contribution in [0.4, 0.5) is 0 Å². The molecular formula is C15H17Cl2NO2. The second-order valence-electron chi connectivity index (χ2n) is 4.28. The van der Waals surface area contributed by atoms with Crippen LogP contribution in [0, 0.1) is 0 Å². The molecule has 0 saturated carbocycles. The van der Waals surface area contributed by atoms with Crippen molar-refractivity contribution in [2.45, 2.75) is 19.9 Å². The fourth-order valence-corrected chi connectivity index (χ4v) is 2.57. The lowest BCUT2D eigenvalue weighted by molar-refractivity contribution is 0.340. The topological polar surface area (TPSA) is 34.4 Å². The van der Waals surface area contributed by atoms with Crippen LogP contribution in [0.1, 0.15) is 31.0 Å². The lowest BCUT2D eigenvalue weighted by Gasteiger charge is -2.19. The molecule has 20 heavy (non-hydrogen) atoms. The molecule has 1 atom stereocenters. The largest absolute Gasteiger partial charge is 0.492 e. The van der Waals surface area contributed by atoms with Crippen molar-refractivity contribution in [1.29, 1.82) is 0 Å². The Morgan fingerprint density at radius 3 is 2.65 bits per heavy atom. The van der Waals surface area contributed by atoms with E-state index in [0.717, 1.165) is 17.7 Å². The number of hydrogen-bond acceptors (Lipinski definition) is 3. The van der Waals surface area contributed by atoms with E-state index >= 15 is 0 Å². The Morgan fingerprint density at radius 1 is 1.25 bits per heavy atom. The second-order valence-corrected chi connectivity index (χ2v) is 5.10. The van der Waals surface area contributed by atoms with Gasteiger partial charge >= 0.3 is 0 Å². The van der Waals surface area contributed by atoms with Crippen molar-refractivity contribution in [3.05, 3.63) is 51.9 Å². The summed E-state index contributed by atoms with van der Waals surface area (Å²) < 4.78 is 10.6. The lowest BCUT2D eigenvalue weighted by atomic mass is 10.0. The molecule has 1 N–H and O–H groups in total. The van der Waals surface area contributed by atoms with Gasteiger partial charge in [-0.3, -0.25) is 0 Å². The molecule has 1 heterocycles. The van der Waals surface area contributed by atoms with Gasteiger partial charge in [0.1, 0.15) is 5.75 Å². The van der Waals surface area contributed by atoms with Crippen LogP contribution in [-0.4, -0.2) is 13.2 Å². The minimum Gasteiger partial charge on any atom is -0.492 e. The van der Waals surface area contributed by atoms with Crippen molar-refractivity contribution in [2.75, 3.05) is 13.2 Å². The second kappa shape index (κ2) is 7.02. The first-order valence-electron chi connectivity index (χ1n) is 6.54. The molecule has 108 valence electrons. The van der Waals surface area contributed by atoms with Crippen molar-refractivity contribution in [1.82, 2.24) is 5.32 Å². The minimum atomic E-state index is -0.0561. The van der Waals surface area contributed by atoms with Gasteiger partial charge in [-0.1, -0.05) is 30.1 Å². The molecule has 0 fully saturated rings. The Kier molecular flexibility index (Phi) is 5.35. The van der Waals surface area contributed by atoms with Gasteiger partial charge < -0.3 is 14.5 Å². The first-order chi connectivity index (χ1) is 9.67. The summed E-state index contributed by atoms with van der Waals surface area (Å²) in [5, 5.41) is 4.55. The third kappa shape index (κ3) is 3.29. The average Bonchev–Trinajstić information content (AvgIpc) is 2.94. The fourth-order valence-electron chi connectivity index (χ4n) is 2.08. The van der Waals surface area contributed by atoms with Crippen LogP contribution in [0.5, 0.6) is 5.75 Å². The van der Waals surface area contributed by atoms with Crippen molar-refractivity contribution in [3.8, 4) is 5.75 Å². The predicted octanol–water partition coefficient (Wildman–Crippen LogP) is 4.68. The van der Waals surface area contributed by atoms with Crippen molar-refractivity contribution < 1.29 is 9.15 Å². The van der Waals surface area contributed by atoms with Crippen LogP contribution in [0.15, 0.2) is 35.1 Å². The summed E-state index contributed by atoms with van der Waals surface area (Å²) in [6, 6.07) is 5.45. The molecule has 1 aromatic carbocycles. The molecule has 0 spiro atoms. The molecular weight excluding hydrogens is 297 g/mol. The maximum absolute atomic E-state index is 6.38. The Hall–Kier alpha value is -1.16. The zero-order valence-electron chi connectivity index (χ0n) is 11.5. The molecule has 2 rings (SSSR count). The van der Waals surface area contributed by atoms with Crippen LogP contribution < -0.4 is 10.1 Å². The Labute approximate surface area is 128 Å². The summed E-state index contributed by atoms with van der Waals surface area (Å²) in [7, 11) is 0. The molecule has 0 saturated heterocycles. The van der Waals surface area contributed by atoms with E-state index in [1.807, 2.05) is 26.0 Å². The smallest absolute Gasteiger partial charge is 0.139 e. The van der Waals surface area contributed by atoms with Gasteiger partial charge in [0.15, 0.2) is 0 Å². The van der Waals surface area contributed by atoms with Gasteiger partial charge in [0, 0.05) is 16.7 Å². The number of rotatable bonds is 6. The summed E-state index contributed by atoms with van der Waals surface area (Å²) >= 11 is 12.6. The molecule has 0 aliphatic rings. The van der Waals surface area contributed by atoms with Crippen LogP contribution >= 0.6 is 23.2 Å². The fraction of sp³-hybridized carbons (Fsp3) is 0.333. The molecule has 0 aliphatic heterocycles. The van der Waals surface area contributed by atoms with E-state index in [1.54, 1.807) is 18.6 Å².